The molecule has 0 aromatic carbocycles. The van der Waals surface area contributed by atoms with E-state index >= 15 is 0 Å². The first kappa shape index (κ1) is 18.4. The van der Waals surface area contributed by atoms with E-state index in [1.807, 2.05) is 0 Å². The van der Waals surface area contributed by atoms with Crippen molar-refractivity contribution in [3.05, 3.63) is 0 Å². The molecule has 0 aromatic rings. The molecule has 0 spiro atoms. The van der Waals surface area contributed by atoms with E-state index in [1.165, 1.54) is 32.1 Å². The average Bonchev–Trinajstić information content (AvgIpc) is 2.87. The van der Waals surface area contributed by atoms with Crippen LogP contribution in [0.5, 0.6) is 0 Å². The molecule has 0 radical (unpaired) electrons. The van der Waals surface area contributed by atoms with Crippen LogP contribution in [-0.4, -0.2) is 49.5 Å². The van der Waals surface area contributed by atoms with E-state index in [0.717, 1.165) is 26.0 Å². The molecule has 0 aromatic heterocycles. The van der Waals surface area contributed by atoms with Crippen molar-refractivity contribution in [3.8, 4) is 0 Å². The largest absolute Gasteiger partial charge is 0.389 e. The van der Waals surface area contributed by atoms with Gasteiger partial charge in [0.2, 0.25) is 5.91 Å². The number of aliphatic hydroxyl groups excluding tert-OH is 1. The highest BCUT2D eigenvalue weighted by atomic mass is 16.5. The third-order valence-corrected chi connectivity index (χ3v) is 3.81. The van der Waals surface area contributed by atoms with Crippen molar-refractivity contribution >= 4 is 5.91 Å². The van der Waals surface area contributed by atoms with Crippen LogP contribution in [-0.2, 0) is 9.53 Å². The number of carbonyl (C=O) groups excluding carboxylic acids is 1. The van der Waals surface area contributed by atoms with Crippen molar-refractivity contribution in [1.29, 1.82) is 0 Å². The zero-order valence-corrected chi connectivity index (χ0v) is 13.4. The maximum Gasteiger partial charge on any atom is 0.220 e. The molecule has 1 saturated heterocycles. The Kier molecular flexibility index (Phi) is 10.5. The number of ether oxygens (including phenoxy) is 1. The SMILES string of the molecule is CCCCCCCCOCC(O)CNCC1CCC(=O)N1. The second kappa shape index (κ2) is 12.0. The van der Waals surface area contributed by atoms with Crippen molar-refractivity contribution < 1.29 is 14.6 Å². The number of carbonyl (C=O) groups is 1. The zero-order valence-electron chi connectivity index (χ0n) is 13.4. The van der Waals surface area contributed by atoms with Gasteiger partial charge in [-0.15, -0.1) is 0 Å². The number of hydrogen-bond donors (Lipinski definition) is 3. The van der Waals surface area contributed by atoms with Crippen LogP contribution in [0.15, 0.2) is 0 Å². The summed E-state index contributed by atoms with van der Waals surface area (Å²) in [5, 5.41) is 15.8. The predicted molar refractivity (Wildman–Crippen MR) is 84.2 cm³/mol. The molecule has 5 heteroatoms. The van der Waals surface area contributed by atoms with Gasteiger partial charge < -0.3 is 20.5 Å². The standard InChI is InChI=1S/C16H32N2O3/c1-2-3-4-5-6-7-10-21-13-15(19)12-17-11-14-8-9-16(20)18-14/h14-15,17,19H,2-13H2,1H3,(H,18,20). The minimum Gasteiger partial charge on any atom is -0.389 e. The molecule has 0 saturated carbocycles. The predicted octanol–water partition coefficient (Wildman–Crippen LogP) is 1.59. The van der Waals surface area contributed by atoms with E-state index in [4.69, 9.17) is 4.74 Å². The maximum absolute atomic E-state index is 11.0. The topological polar surface area (TPSA) is 70.6 Å². The summed E-state index contributed by atoms with van der Waals surface area (Å²) >= 11 is 0. The number of hydrogen-bond acceptors (Lipinski definition) is 4. The molecule has 1 aliphatic heterocycles. The van der Waals surface area contributed by atoms with Crippen molar-refractivity contribution in [3.63, 3.8) is 0 Å². The fourth-order valence-corrected chi connectivity index (χ4v) is 2.52. The lowest BCUT2D eigenvalue weighted by atomic mass is 10.1. The lowest BCUT2D eigenvalue weighted by Crippen LogP contribution is -2.39. The molecule has 1 aliphatic rings. The second-order valence-corrected chi connectivity index (χ2v) is 5.96. The Hall–Kier alpha value is -0.650. The molecule has 2 atom stereocenters. The van der Waals surface area contributed by atoms with Gasteiger partial charge in [-0.3, -0.25) is 4.79 Å². The molecule has 1 fully saturated rings. The lowest BCUT2D eigenvalue weighted by Gasteiger charge is -2.15. The number of aliphatic hydroxyl groups is 1. The van der Waals surface area contributed by atoms with Crippen LogP contribution in [0.3, 0.4) is 0 Å². The van der Waals surface area contributed by atoms with Crippen molar-refractivity contribution in [2.45, 2.75) is 70.4 Å². The van der Waals surface area contributed by atoms with Gasteiger partial charge in [-0.2, -0.15) is 0 Å². The number of nitrogens with one attached hydrogen (secondary N) is 2. The van der Waals surface area contributed by atoms with Crippen LogP contribution in [0.4, 0.5) is 0 Å². The normalized spacial score (nSPS) is 19.7. The molecule has 0 aliphatic carbocycles. The van der Waals surface area contributed by atoms with E-state index in [0.29, 0.717) is 19.6 Å². The van der Waals surface area contributed by atoms with Crippen molar-refractivity contribution in [2.24, 2.45) is 0 Å². The molecule has 1 heterocycles. The first-order chi connectivity index (χ1) is 10.2. The Morgan fingerprint density at radius 2 is 2.10 bits per heavy atom. The third kappa shape index (κ3) is 9.82. The summed E-state index contributed by atoms with van der Waals surface area (Å²) in [6.45, 7) is 4.59. The summed E-state index contributed by atoms with van der Waals surface area (Å²) in [5.74, 6) is 0.129. The molecule has 124 valence electrons. The number of amides is 1. The highest BCUT2D eigenvalue weighted by Crippen LogP contribution is 2.06. The molecule has 0 bridgehead atoms. The molecule has 1 rings (SSSR count). The van der Waals surface area contributed by atoms with E-state index in [-0.39, 0.29) is 11.9 Å². The van der Waals surface area contributed by atoms with Gasteiger partial charge in [0, 0.05) is 32.2 Å². The highest BCUT2D eigenvalue weighted by Gasteiger charge is 2.20. The van der Waals surface area contributed by atoms with Crippen LogP contribution in [0, 0.1) is 0 Å². The fourth-order valence-electron chi connectivity index (χ4n) is 2.52. The Balaban J connectivity index is 1.83. The van der Waals surface area contributed by atoms with Gasteiger partial charge in [-0.1, -0.05) is 39.0 Å². The molecule has 21 heavy (non-hydrogen) atoms. The molecule has 5 nitrogen and oxygen atoms in total. The first-order valence-electron chi connectivity index (χ1n) is 8.48. The average molecular weight is 300 g/mol. The van der Waals surface area contributed by atoms with Gasteiger partial charge in [0.15, 0.2) is 0 Å². The Bertz CT molecular complexity index is 274. The van der Waals surface area contributed by atoms with Crippen LogP contribution >= 0.6 is 0 Å². The lowest BCUT2D eigenvalue weighted by molar-refractivity contribution is -0.119. The quantitative estimate of drug-likeness (QED) is 0.452. The first-order valence-corrected chi connectivity index (χ1v) is 8.48. The Labute approximate surface area is 128 Å². The molecule has 2 unspecified atom stereocenters. The molecule has 3 N–H and O–H groups in total. The van der Waals surface area contributed by atoms with Gasteiger partial charge in [-0.25, -0.2) is 0 Å². The molecular formula is C16H32N2O3. The smallest absolute Gasteiger partial charge is 0.220 e. The van der Waals surface area contributed by atoms with E-state index < -0.39 is 6.10 Å². The van der Waals surface area contributed by atoms with Gasteiger partial charge in [0.25, 0.3) is 0 Å². The van der Waals surface area contributed by atoms with Gasteiger partial charge in [-0.05, 0) is 12.8 Å². The number of rotatable bonds is 13. The summed E-state index contributed by atoms with van der Waals surface area (Å²) in [4.78, 5) is 11.0. The van der Waals surface area contributed by atoms with Crippen molar-refractivity contribution in [2.75, 3.05) is 26.3 Å². The summed E-state index contributed by atoms with van der Waals surface area (Å²) in [6.07, 6.45) is 8.55. The van der Waals surface area contributed by atoms with Gasteiger partial charge in [0.1, 0.15) is 0 Å². The van der Waals surface area contributed by atoms with Crippen LogP contribution < -0.4 is 10.6 Å². The second-order valence-electron chi connectivity index (χ2n) is 5.96. The summed E-state index contributed by atoms with van der Waals surface area (Å²) < 4.78 is 5.48. The fraction of sp³-hybridized carbons (Fsp3) is 0.938. The molecular weight excluding hydrogens is 268 g/mol. The number of unbranched alkanes of at least 4 members (excludes halogenated alkanes) is 5. The Morgan fingerprint density at radius 3 is 2.81 bits per heavy atom. The van der Waals surface area contributed by atoms with Crippen LogP contribution in [0.25, 0.3) is 0 Å². The summed E-state index contributed by atoms with van der Waals surface area (Å²) in [6, 6.07) is 0.216. The van der Waals surface area contributed by atoms with Gasteiger partial charge in [0.05, 0.1) is 12.7 Å². The van der Waals surface area contributed by atoms with E-state index in [9.17, 15) is 9.90 Å². The summed E-state index contributed by atoms with van der Waals surface area (Å²) in [7, 11) is 0. The van der Waals surface area contributed by atoms with E-state index in [1.54, 1.807) is 0 Å². The Morgan fingerprint density at radius 1 is 1.33 bits per heavy atom. The minimum atomic E-state index is -0.470. The summed E-state index contributed by atoms with van der Waals surface area (Å²) in [5.41, 5.74) is 0. The highest BCUT2D eigenvalue weighted by molar-refractivity contribution is 5.78. The van der Waals surface area contributed by atoms with Crippen LogP contribution in [0.1, 0.15) is 58.3 Å². The van der Waals surface area contributed by atoms with Gasteiger partial charge >= 0.3 is 0 Å². The van der Waals surface area contributed by atoms with Crippen molar-refractivity contribution in [1.82, 2.24) is 10.6 Å². The molecule has 1 amide bonds. The monoisotopic (exact) mass is 300 g/mol. The third-order valence-electron chi connectivity index (χ3n) is 3.81. The zero-order chi connectivity index (χ0) is 15.3. The maximum atomic E-state index is 11.0. The minimum absolute atomic E-state index is 0.129. The van der Waals surface area contributed by atoms with Crippen LogP contribution in [0.2, 0.25) is 0 Å². The van der Waals surface area contributed by atoms with E-state index in [2.05, 4.69) is 17.6 Å².